The smallest absolute Gasteiger partial charge is 0.221 e. The van der Waals surface area contributed by atoms with E-state index in [4.69, 9.17) is 4.42 Å². The van der Waals surface area contributed by atoms with Gasteiger partial charge >= 0.3 is 0 Å². The second kappa shape index (κ2) is 8.66. The van der Waals surface area contributed by atoms with Crippen LogP contribution in [0.25, 0.3) is 0 Å². The Morgan fingerprint density at radius 2 is 2.05 bits per heavy atom. The first-order chi connectivity index (χ1) is 10.6. The number of thioether (sulfide) groups is 1. The van der Waals surface area contributed by atoms with Gasteiger partial charge < -0.3 is 14.8 Å². The fourth-order valence-corrected chi connectivity index (χ4v) is 2.99. The lowest BCUT2D eigenvalue weighted by Gasteiger charge is -2.16. The summed E-state index contributed by atoms with van der Waals surface area (Å²) in [5.74, 6) is 1.27. The molecule has 4 nitrogen and oxygen atoms in total. The summed E-state index contributed by atoms with van der Waals surface area (Å²) in [6, 6.07) is 13.4. The molecule has 0 bridgehead atoms. The molecule has 0 aliphatic rings. The number of hydrogen-bond acceptors (Lipinski definition) is 4. The minimum absolute atomic E-state index is 0.00239. The van der Waals surface area contributed by atoms with Gasteiger partial charge in [-0.05, 0) is 31.2 Å². The Morgan fingerprint density at radius 1 is 1.27 bits per heavy atom. The van der Waals surface area contributed by atoms with Gasteiger partial charge in [0.1, 0.15) is 11.9 Å². The fraction of sp³-hybridized carbons (Fsp3) is 0.353. The van der Waals surface area contributed by atoms with E-state index in [-0.39, 0.29) is 11.9 Å². The summed E-state index contributed by atoms with van der Waals surface area (Å²) in [4.78, 5) is 13.0. The highest BCUT2D eigenvalue weighted by molar-refractivity contribution is 7.99. The third-order valence-electron chi connectivity index (χ3n) is 3.20. The number of aliphatic hydroxyl groups is 1. The van der Waals surface area contributed by atoms with E-state index in [0.717, 1.165) is 10.6 Å². The van der Waals surface area contributed by atoms with Crippen molar-refractivity contribution in [2.24, 2.45) is 0 Å². The molecule has 1 amide bonds. The molecule has 0 spiro atoms. The second-order valence-electron chi connectivity index (χ2n) is 5.15. The third kappa shape index (κ3) is 5.58. The zero-order chi connectivity index (χ0) is 15.8. The molecule has 2 rings (SSSR count). The quantitative estimate of drug-likeness (QED) is 0.732. The largest absolute Gasteiger partial charge is 0.467 e. The van der Waals surface area contributed by atoms with Crippen LogP contribution in [-0.4, -0.2) is 22.8 Å². The summed E-state index contributed by atoms with van der Waals surface area (Å²) < 4.78 is 5.15. The molecule has 2 N–H and O–H groups in total. The van der Waals surface area contributed by atoms with E-state index in [9.17, 15) is 9.90 Å². The summed E-state index contributed by atoms with van der Waals surface area (Å²) in [5, 5.41) is 12.9. The maximum atomic E-state index is 11.9. The molecular formula is C17H21NO3S. The van der Waals surface area contributed by atoms with Gasteiger partial charge in [0.15, 0.2) is 0 Å². The Kier molecular flexibility index (Phi) is 6.55. The van der Waals surface area contributed by atoms with E-state index >= 15 is 0 Å². The molecular weight excluding hydrogens is 298 g/mol. The van der Waals surface area contributed by atoms with Crippen LogP contribution >= 0.6 is 11.8 Å². The lowest BCUT2D eigenvalue weighted by molar-refractivity contribution is -0.121. The van der Waals surface area contributed by atoms with Gasteiger partial charge in [-0.3, -0.25) is 4.79 Å². The number of hydrogen-bond donors (Lipinski definition) is 2. The zero-order valence-corrected chi connectivity index (χ0v) is 13.4. The van der Waals surface area contributed by atoms with Gasteiger partial charge in [0, 0.05) is 29.5 Å². The van der Waals surface area contributed by atoms with Crippen molar-refractivity contribution >= 4 is 17.7 Å². The van der Waals surface area contributed by atoms with Gasteiger partial charge in [-0.1, -0.05) is 18.2 Å². The summed E-state index contributed by atoms with van der Waals surface area (Å²) >= 11 is 1.66. The van der Waals surface area contributed by atoms with Gasteiger partial charge in [0.05, 0.1) is 6.26 Å². The van der Waals surface area contributed by atoms with Crippen LogP contribution < -0.4 is 5.32 Å². The molecule has 118 valence electrons. The Balaban J connectivity index is 1.66. The maximum Gasteiger partial charge on any atom is 0.221 e. The number of aliphatic hydroxyl groups excluding tert-OH is 1. The average molecular weight is 319 g/mol. The van der Waals surface area contributed by atoms with Crippen molar-refractivity contribution in [1.29, 1.82) is 0 Å². The monoisotopic (exact) mass is 319 g/mol. The van der Waals surface area contributed by atoms with E-state index in [1.165, 1.54) is 6.26 Å². The van der Waals surface area contributed by atoms with E-state index in [1.54, 1.807) is 23.9 Å². The summed E-state index contributed by atoms with van der Waals surface area (Å²) in [7, 11) is 0. The third-order valence-corrected chi connectivity index (χ3v) is 4.21. The maximum absolute atomic E-state index is 11.9. The molecule has 0 fully saturated rings. The number of carbonyl (C=O) groups is 1. The summed E-state index contributed by atoms with van der Waals surface area (Å²) in [6.45, 7) is 1.88. The van der Waals surface area contributed by atoms with Gasteiger partial charge in [-0.2, -0.15) is 0 Å². The van der Waals surface area contributed by atoms with Gasteiger partial charge in [-0.15, -0.1) is 11.8 Å². The molecule has 0 aliphatic heterocycles. The molecule has 0 radical (unpaired) electrons. The van der Waals surface area contributed by atoms with Crippen LogP contribution in [0.5, 0.6) is 0 Å². The molecule has 0 aliphatic carbocycles. The zero-order valence-electron chi connectivity index (χ0n) is 12.6. The Hall–Kier alpha value is -1.72. The molecule has 2 atom stereocenters. The normalized spacial score (nSPS) is 13.5. The SMILES string of the molecule is CC(CC(O)c1ccco1)NC(=O)CCSc1ccccc1. The number of carbonyl (C=O) groups excluding carboxylic acids is 1. The van der Waals surface area contributed by atoms with Crippen molar-refractivity contribution in [3.8, 4) is 0 Å². The van der Waals surface area contributed by atoms with Crippen molar-refractivity contribution < 1.29 is 14.3 Å². The predicted octanol–water partition coefficient (Wildman–Crippen LogP) is 3.39. The van der Waals surface area contributed by atoms with E-state index in [2.05, 4.69) is 5.32 Å². The molecule has 1 heterocycles. The molecule has 1 aromatic heterocycles. The lowest BCUT2D eigenvalue weighted by Crippen LogP contribution is -2.33. The predicted molar refractivity (Wildman–Crippen MR) is 87.7 cm³/mol. The summed E-state index contributed by atoms with van der Waals surface area (Å²) in [6.07, 6.45) is 1.73. The number of rotatable bonds is 8. The van der Waals surface area contributed by atoms with Crippen LogP contribution in [0.15, 0.2) is 58.0 Å². The Labute approximate surface area is 134 Å². The van der Waals surface area contributed by atoms with Crippen LogP contribution in [0.4, 0.5) is 0 Å². The lowest BCUT2D eigenvalue weighted by atomic mass is 10.1. The number of benzene rings is 1. The average Bonchev–Trinajstić information content (AvgIpc) is 3.02. The van der Waals surface area contributed by atoms with Crippen molar-refractivity contribution in [3.05, 3.63) is 54.5 Å². The molecule has 0 saturated carbocycles. The van der Waals surface area contributed by atoms with Gasteiger partial charge in [-0.25, -0.2) is 0 Å². The van der Waals surface area contributed by atoms with Crippen LogP contribution in [0.1, 0.15) is 31.6 Å². The van der Waals surface area contributed by atoms with E-state index in [0.29, 0.717) is 18.6 Å². The molecule has 0 saturated heterocycles. The second-order valence-corrected chi connectivity index (χ2v) is 6.32. The topological polar surface area (TPSA) is 62.5 Å². The number of furan rings is 1. The fourth-order valence-electron chi connectivity index (χ4n) is 2.12. The highest BCUT2D eigenvalue weighted by atomic mass is 32.2. The molecule has 5 heteroatoms. The molecule has 1 aromatic carbocycles. The van der Waals surface area contributed by atoms with Crippen molar-refractivity contribution in [3.63, 3.8) is 0 Å². The van der Waals surface area contributed by atoms with Crippen LogP contribution in [0, 0.1) is 0 Å². The highest BCUT2D eigenvalue weighted by Crippen LogP contribution is 2.19. The molecule has 22 heavy (non-hydrogen) atoms. The summed E-state index contributed by atoms with van der Waals surface area (Å²) in [5.41, 5.74) is 0. The number of amides is 1. The van der Waals surface area contributed by atoms with Crippen molar-refractivity contribution in [2.45, 2.75) is 36.8 Å². The first-order valence-electron chi connectivity index (χ1n) is 7.34. The minimum atomic E-state index is -0.691. The number of nitrogens with one attached hydrogen (secondary N) is 1. The molecule has 2 unspecified atom stereocenters. The van der Waals surface area contributed by atoms with Crippen LogP contribution in [0.2, 0.25) is 0 Å². The van der Waals surface area contributed by atoms with E-state index in [1.807, 2.05) is 37.3 Å². The van der Waals surface area contributed by atoms with Crippen LogP contribution in [0.3, 0.4) is 0 Å². The Morgan fingerprint density at radius 3 is 2.73 bits per heavy atom. The molecule has 2 aromatic rings. The van der Waals surface area contributed by atoms with Gasteiger partial charge in [0.2, 0.25) is 5.91 Å². The van der Waals surface area contributed by atoms with Gasteiger partial charge in [0.25, 0.3) is 0 Å². The van der Waals surface area contributed by atoms with Crippen LogP contribution in [-0.2, 0) is 4.79 Å². The van der Waals surface area contributed by atoms with Crippen molar-refractivity contribution in [1.82, 2.24) is 5.32 Å². The van der Waals surface area contributed by atoms with Crippen molar-refractivity contribution in [2.75, 3.05) is 5.75 Å². The Bertz CT molecular complexity index is 557. The first kappa shape index (κ1) is 16.6. The standard InChI is InChI=1S/C17H21NO3S/c1-13(12-15(19)16-8-5-10-21-16)18-17(20)9-11-22-14-6-3-2-4-7-14/h2-8,10,13,15,19H,9,11-12H2,1H3,(H,18,20). The highest BCUT2D eigenvalue weighted by Gasteiger charge is 2.16. The van der Waals surface area contributed by atoms with E-state index < -0.39 is 6.10 Å². The first-order valence-corrected chi connectivity index (χ1v) is 8.32. The minimum Gasteiger partial charge on any atom is -0.467 e.